The van der Waals surface area contributed by atoms with Crippen LogP contribution in [0.1, 0.15) is 12.0 Å². The second kappa shape index (κ2) is 8.22. The Morgan fingerprint density at radius 2 is 1.69 bits per heavy atom. The number of fused-ring (bicyclic) bond motifs is 2. The number of carboxylic acids is 1. The normalized spacial score (nSPS) is 15.4. The summed E-state index contributed by atoms with van der Waals surface area (Å²) < 4.78 is 6.08. The molecular formula is C21H21N4O4-. The number of benzene rings is 2. The highest BCUT2D eigenvalue weighted by molar-refractivity contribution is 6.03. The highest BCUT2D eigenvalue weighted by atomic mass is 16.5. The summed E-state index contributed by atoms with van der Waals surface area (Å²) in [6.07, 6.45) is -0.196. The molecule has 0 atom stereocenters. The van der Waals surface area contributed by atoms with Crippen LogP contribution in [0.15, 0.2) is 53.5 Å². The minimum Gasteiger partial charge on any atom is -0.550 e. The third kappa shape index (κ3) is 4.16. The van der Waals surface area contributed by atoms with Crippen LogP contribution < -0.4 is 15.2 Å². The zero-order valence-corrected chi connectivity index (χ0v) is 15.8. The Morgan fingerprint density at radius 1 is 1.00 bits per heavy atom. The molecule has 4 rings (SSSR count). The van der Waals surface area contributed by atoms with Crippen LogP contribution in [0.3, 0.4) is 0 Å². The lowest BCUT2D eigenvalue weighted by Crippen LogP contribution is -2.53. The lowest BCUT2D eigenvalue weighted by Gasteiger charge is -2.36. The van der Waals surface area contributed by atoms with Gasteiger partial charge in [0.1, 0.15) is 17.3 Å². The number of hydrogen-bond donors (Lipinski definition) is 1. The molecular weight excluding hydrogens is 372 g/mol. The third-order valence-corrected chi connectivity index (χ3v) is 4.91. The van der Waals surface area contributed by atoms with E-state index in [4.69, 9.17) is 9.73 Å². The van der Waals surface area contributed by atoms with Crippen LogP contribution in [0.2, 0.25) is 0 Å². The number of amides is 2. The van der Waals surface area contributed by atoms with Gasteiger partial charge < -0.3 is 29.8 Å². The third-order valence-electron chi connectivity index (χ3n) is 4.91. The molecule has 2 aromatic rings. The molecule has 1 saturated heterocycles. The maximum atomic E-state index is 12.2. The molecule has 2 aliphatic rings. The molecule has 0 saturated carbocycles. The van der Waals surface area contributed by atoms with Crippen molar-refractivity contribution in [3.63, 3.8) is 0 Å². The van der Waals surface area contributed by atoms with Crippen LogP contribution in [0.4, 0.5) is 10.5 Å². The largest absolute Gasteiger partial charge is 0.550 e. The van der Waals surface area contributed by atoms with E-state index in [0.29, 0.717) is 31.9 Å². The first-order chi connectivity index (χ1) is 14.1. The first kappa shape index (κ1) is 18.8. The molecule has 1 fully saturated rings. The Labute approximate surface area is 168 Å². The lowest BCUT2D eigenvalue weighted by atomic mass is 10.1. The van der Waals surface area contributed by atoms with E-state index in [-0.39, 0.29) is 19.0 Å². The van der Waals surface area contributed by atoms with E-state index in [0.717, 1.165) is 22.8 Å². The Bertz CT molecular complexity index is 951. The molecule has 0 spiro atoms. The molecule has 0 aromatic heterocycles. The van der Waals surface area contributed by atoms with Gasteiger partial charge in [-0.1, -0.05) is 24.3 Å². The molecule has 2 aliphatic heterocycles. The quantitative estimate of drug-likeness (QED) is 0.849. The lowest BCUT2D eigenvalue weighted by molar-refractivity contribution is -0.305. The zero-order chi connectivity index (χ0) is 20.2. The van der Waals surface area contributed by atoms with Crippen molar-refractivity contribution in [2.75, 3.05) is 32.7 Å². The number of rotatable bonds is 3. The zero-order valence-electron chi connectivity index (χ0n) is 15.8. The van der Waals surface area contributed by atoms with E-state index in [1.165, 1.54) is 0 Å². The van der Waals surface area contributed by atoms with Crippen molar-refractivity contribution < 1.29 is 19.4 Å². The summed E-state index contributed by atoms with van der Waals surface area (Å²) in [6, 6.07) is 15.2. The predicted octanol–water partition coefficient (Wildman–Crippen LogP) is 1.34. The van der Waals surface area contributed by atoms with Gasteiger partial charge in [0.05, 0.1) is 5.56 Å². The highest BCUT2D eigenvalue weighted by Gasteiger charge is 2.27. The van der Waals surface area contributed by atoms with Crippen molar-refractivity contribution >= 4 is 23.5 Å². The van der Waals surface area contributed by atoms with Crippen LogP contribution in [-0.2, 0) is 4.79 Å². The van der Waals surface area contributed by atoms with Crippen LogP contribution in [0.5, 0.6) is 11.5 Å². The summed E-state index contributed by atoms with van der Waals surface area (Å²) >= 11 is 0. The van der Waals surface area contributed by atoms with Crippen LogP contribution in [0.25, 0.3) is 0 Å². The van der Waals surface area contributed by atoms with E-state index in [1.807, 2.05) is 48.5 Å². The molecule has 0 radical (unpaired) electrons. The number of nitrogens with zero attached hydrogens (tertiary/aromatic N) is 3. The fraction of sp³-hybridized carbons (Fsp3) is 0.286. The van der Waals surface area contributed by atoms with Crippen LogP contribution in [-0.4, -0.2) is 60.4 Å². The van der Waals surface area contributed by atoms with Crippen molar-refractivity contribution in [3.05, 3.63) is 54.1 Å². The molecule has 2 heterocycles. The van der Waals surface area contributed by atoms with Gasteiger partial charge in [0.15, 0.2) is 5.75 Å². The Kier molecular flexibility index (Phi) is 5.33. The number of urea groups is 1. The first-order valence-electron chi connectivity index (χ1n) is 9.54. The number of carboxylic acid groups (broad SMARTS) is 1. The molecule has 150 valence electrons. The number of aliphatic carboxylic acids is 1. The van der Waals surface area contributed by atoms with Gasteiger partial charge in [0.25, 0.3) is 0 Å². The van der Waals surface area contributed by atoms with Gasteiger partial charge in [-0.3, -0.25) is 0 Å². The summed E-state index contributed by atoms with van der Waals surface area (Å²) in [5.74, 6) is 1.10. The minimum atomic E-state index is -1.18. The van der Waals surface area contributed by atoms with Gasteiger partial charge in [-0.15, -0.1) is 0 Å². The SMILES string of the molecule is O=C([O-])CCNC(=O)N1CCN(C2=Nc3ccccc3Oc3ccccc32)CC1. The Morgan fingerprint density at radius 3 is 2.45 bits per heavy atom. The summed E-state index contributed by atoms with van der Waals surface area (Å²) in [5.41, 5.74) is 1.68. The summed E-state index contributed by atoms with van der Waals surface area (Å²) in [5, 5.41) is 13.1. The number of nitrogens with one attached hydrogen (secondary N) is 1. The summed E-state index contributed by atoms with van der Waals surface area (Å²) in [4.78, 5) is 31.4. The molecule has 29 heavy (non-hydrogen) atoms. The van der Waals surface area contributed by atoms with E-state index in [1.54, 1.807) is 4.90 Å². The van der Waals surface area contributed by atoms with E-state index >= 15 is 0 Å². The molecule has 1 N–H and O–H groups in total. The monoisotopic (exact) mass is 393 g/mol. The Hall–Kier alpha value is -3.55. The molecule has 2 amide bonds. The van der Waals surface area contributed by atoms with Gasteiger partial charge >= 0.3 is 6.03 Å². The maximum Gasteiger partial charge on any atom is 0.317 e. The maximum absolute atomic E-state index is 12.2. The summed E-state index contributed by atoms with van der Waals surface area (Å²) in [6.45, 7) is 2.32. The smallest absolute Gasteiger partial charge is 0.317 e. The number of para-hydroxylation sites is 3. The van der Waals surface area contributed by atoms with Crippen LogP contribution in [0, 0.1) is 0 Å². The van der Waals surface area contributed by atoms with Gasteiger partial charge in [-0.2, -0.15) is 0 Å². The molecule has 8 heteroatoms. The van der Waals surface area contributed by atoms with Gasteiger partial charge in [0.2, 0.25) is 0 Å². The highest BCUT2D eigenvalue weighted by Crippen LogP contribution is 2.37. The van der Waals surface area contributed by atoms with E-state index < -0.39 is 5.97 Å². The van der Waals surface area contributed by atoms with E-state index in [9.17, 15) is 14.7 Å². The number of aliphatic imine (C=N–C) groups is 1. The van der Waals surface area contributed by atoms with Crippen molar-refractivity contribution in [2.45, 2.75) is 6.42 Å². The molecule has 8 nitrogen and oxygen atoms in total. The van der Waals surface area contributed by atoms with Gasteiger partial charge in [-0.05, 0) is 24.3 Å². The molecule has 0 unspecified atom stereocenters. The van der Waals surface area contributed by atoms with Crippen LogP contribution >= 0.6 is 0 Å². The number of carbonyl (C=O) groups is 2. The predicted molar refractivity (Wildman–Crippen MR) is 105 cm³/mol. The number of piperazine rings is 1. The average Bonchev–Trinajstić information content (AvgIpc) is 2.90. The Balaban J connectivity index is 1.50. The second-order valence-corrected chi connectivity index (χ2v) is 6.83. The standard InChI is InChI=1S/C21H22N4O4/c26-19(27)9-10-22-21(28)25-13-11-24(12-14-25)20-15-5-1-3-7-17(15)29-18-8-4-2-6-16(18)23-20/h1-8H,9-14H2,(H,22,28)(H,26,27)/p-1. The number of carbonyl (C=O) groups excluding carboxylic acids is 2. The van der Waals surface area contributed by atoms with Gasteiger partial charge in [0, 0.05) is 45.1 Å². The number of ether oxygens (including phenoxy) is 1. The topological polar surface area (TPSA) is 97.3 Å². The van der Waals surface area contributed by atoms with Crippen molar-refractivity contribution in [1.29, 1.82) is 0 Å². The molecule has 2 aromatic carbocycles. The minimum absolute atomic E-state index is 0.0651. The van der Waals surface area contributed by atoms with Gasteiger partial charge in [-0.25, -0.2) is 9.79 Å². The fourth-order valence-corrected chi connectivity index (χ4v) is 3.41. The first-order valence-corrected chi connectivity index (χ1v) is 9.54. The molecule has 0 aliphatic carbocycles. The van der Waals surface area contributed by atoms with E-state index in [2.05, 4.69) is 10.2 Å². The molecule has 0 bridgehead atoms. The number of amidine groups is 1. The second-order valence-electron chi connectivity index (χ2n) is 6.83. The number of hydrogen-bond acceptors (Lipinski definition) is 6. The fourth-order valence-electron chi connectivity index (χ4n) is 3.41. The summed E-state index contributed by atoms with van der Waals surface area (Å²) in [7, 11) is 0. The van der Waals surface area contributed by atoms with Crippen molar-refractivity contribution in [3.8, 4) is 11.5 Å². The van der Waals surface area contributed by atoms with Crippen molar-refractivity contribution in [2.24, 2.45) is 4.99 Å². The van der Waals surface area contributed by atoms with Crippen molar-refractivity contribution in [1.82, 2.24) is 15.1 Å². The average molecular weight is 393 g/mol.